The van der Waals surface area contributed by atoms with Crippen molar-refractivity contribution in [3.63, 3.8) is 0 Å². The van der Waals surface area contributed by atoms with Crippen LogP contribution < -0.4 is 0 Å². The minimum atomic E-state index is 0.846. The second-order valence-corrected chi connectivity index (χ2v) is 3.51. The van der Waals surface area contributed by atoms with E-state index in [9.17, 15) is 0 Å². The molecular weight excluding hydrogens is 344 g/mol. The van der Waals surface area contributed by atoms with Gasteiger partial charge in [-0.3, -0.25) is 0 Å². The molecule has 5 heteroatoms. The molecule has 0 aromatic carbocycles. The van der Waals surface area contributed by atoms with E-state index >= 15 is 0 Å². The van der Waals surface area contributed by atoms with E-state index in [1.807, 2.05) is 6.92 Å². The first kappa shape index (κ1) is 7.70. The van der Waals surface area contributed by atoms with Crippen LogP contribution >= 0.6 is 45.2 Å². The van der Waals surface area contributed by atoms with Crippen molar-refractivity contribution in [1.82, 2.24) is 15.0 Å². The van der Waals surface area contributed by atoms with Crippen LogP contribution in [0, 0.1) is 7.40 Å². The van der Waals surface area contributed by atoms with Gasteiger partial charge in [-0.05, 0) is 52.1 Å². The molecule has 0 aliphatic rings. The van der Waals surface area contributed by atoms with Crippen LogP contribution in [0.25, 0.3) is 0 Å². The Labute approximate surface area is 80.5 Å². The van der Waals surface area contributed by atoms with Crippen molar-refractivity contribution >= 4 is 45.2 Å². The number of halogens is 2. The lowest BCUT2D eigenvalue weighted by Gasteiger charge is -1.86. The van der Waals surface area contributed by atoms with Crippen molar-refractivity contribution in [2.45, 2.75) is 13.5 Å². The summed E-state index contributed by atoms with van der Waals surface area (Å²) in [5, 5.41) is 8.23. The minimum Gasteiger partial charge on any atom is -0.183 e. The van der Waals surface area contributed by atoms with Crippen LogP contribution in [0.15, 0.2) is 0 Å². The molecule has 3 nitrogen and oxygen atoms in total. The highest BCUT2D eigenvalue weighted by atomic mass is 127. The predicted octanol–water partition coefficient (Wildman–Crippen LogP) is 1.51. The van der Waals surface area contributed by atoms with Crippen LogP contribution in [0.3, 0.4) is 0 Å². The molecule has 0 bridgehead atoms. The molecule has 50 valence electrons. The summed E-state index contributed by atoms with van der Waals surface area (Å²) < 4.78 is 1.96. The number of nitrogens with zero attached hydrogens (tertiary/aromatic N) is 3. The molecule has 0 amide bonds. The highest BCUT2D eigenvalue weighted by Crippen LogP contribution is 2.07. The van der Waals surface area contributed by atoms with Gasteiger partial charge in [0, 0.05) is 0 Å². The Morgan fingerprint density at radius 2 is 1.78 bits per heavy atom. The average Bonchev–Trinajstić information content (AvgIpc) is 2.13. The summed E-state index contributed by atoms with van der Waals surface area (Å²) >= 11 is 4.33. The zero-order valence-corrected chi connectivity index (χ0v) is 9.12. The molecule has 0 N–H and O–H groups in total. The third-order valence-electron chi connectivity index (χ3n) is 0.860. The van der Waals surface area contributed by atoms with Gasteiger partial charge >= 0.3 is 0 Å². The quantitative estimate of drug-likeness (QED) is 0.720. The first-order chi connectivity index (χ1) is 4.24. The van der Waals surface area contributed by atoms with E-state index in [1.165, 1.54) is 0 Å². The summed E-state index contributed by atoms with van der Waals surface area (Å²) in [4.78, 5) is 1.68. The lowest BCUT2D eigenvalue weighted by atomic mass is 10.8. The molecule has 0 fully saturated rings. The van der Waals surface area contributed by atoms with Crippen LogP contribution in [-0.4, -0.2) is 15.0 Å². The third kappa shape index (κ3) is 1.76. The van der Waals surface area contributed by atoms with E-state index in [1.54, 1.807) is 4.80 Å². The lowest BCUT2D eigenvalue weighted by molar-refractivity contribution is 0.564. The van der Waals surface area contributed by atoms with Crippen LogP contribution in [0.4, 0.5) is 0 Å². The summed E-state index contributed by atoms with van der Waals surface area (Å²) in [5.41, 5.74) is 0. The number of aryl methyl sites for hydroxylation is 1. The Hall–Kier alpha value is 0.600. The van der Waals surface area contributed by atoms with Gasteiger partial charge in [-0.15, -0.1) is 10.2 Å². The summed E-state index contributed by atoms with van der Waals surface area (Å²) in [6.45, 7) is 2.87. The normalized spacial score (nSPS) is 10.1. The van der Waals surface area contributed by atoms with E-state index in [0.717, 1.165) is 13.9 Å². The molecule has 0 saturated carbocycles. The van der Waals surface area contributed by atoms with E-state index < -0.39 is 0 Å². The Kier molecular flexibility index (Phi) is 2.68. The Bertz CT molecular complexity index is 188. The number of aromatic nitrogens is 3. The lowest BCUT2D eigenvalue weighted by Crippen LogP contribution is -1.98. The SMILES string of the molecule is CCn1nc(I)c(I)n1. The van der Waals surface area contributed by atoms with Crippen molar-refractivity contribution in [3.05, 3.63) is 7.40 Å². The fourth-order valence-electron chi connectivity index (χ4n) is 0.449. The van der Waals surface area contributed by atoms with Gasteiger partial charge in [0.15, 0.2) is 7.40 Å². The van der Waals surface area contributed by atoms with Gasteiger partial charge in [-0.2, -0.15) is 4.80 Å². The molecule has 0 unspecified atom stereocenters. The molecule has 1 aromatic heterocycles. The molecule has 0 aliphatic heterocycles. The summed E-state index contributed by atoms with van der Waals surface area (Å²) in [5.74, 6) is 0. The van der Waals surface area contributed by atoms with E-state index in [4.69, 9.17) is 0 Å². The Balaban J connectivity index is 2.98. The van der Waals surface area contributed by atoms with Crippen LogP contribution in [0.2, 0.25) is 0 Å². The van der Waals surface area contributed by atoms with Gasteiger partial charge in [-0.1, -0.05) is 0 Å². The smallest absolute Gasteiger partial charge is 0.157 e. The topological polar surface area (TPSA) is 30.7 Å². The standard InChI is InChI=1S/C4H5I2N3/c1-2-9-7-3(5)4(6)8-9/h2H2,1H3. The van der Waals surface area contributed by atoms with Crippen molar-refractivity contribution < 1.29 is 0 Å². The minimum absolute atomic E-state index is 0.846. The summed E-state index contributed by atoms with van der Waals surface area (Å²) in [6, 6.07) is 0. The van der Waals surface area contributed by atoms with Crippen molar-refractivity contribution in [2.75, 3.05) is 0 Å². The predicted molar refractivity (Wildman–Crippen MR) is 51.1 cm³/mol. The number of hydrogen-bond donors (Lipinski definition) is 0. The summed E-state index contributed by atoms with van der Waals surface area (Å²) in [6.07, 6.45) is 0. The molecule has 0 radical (unpaired) electrons. The average molecular weight is 349 g/mol. The van der Waals surface area contributed by atoms with Crippen molar-refractivity contribution in [1.29, 1.82) is 0 Å². The number of rotatable bonds is 1. The number of hydrogen-bond acceptors (Lipinski definition) is 2. The van der Waals surface area contributed by atoms with Gasteiger partial charge in [0.05, 0.1) is 6.54 Å². The molecule has 0 saturated heterocycles. The Morgan fingerprint density at radius 1 is 1.33 bits per heavy atom. The first-order valence-corrected chi connectivity index (χ1v) is 4.66. The zero-order chi connectivity index (χ0) is 6.85. The zero-order valence-electron chi connectivity index (χ0n) is 4.80. The molecule has 1 aromatic rings. The van der Waals surface area contributed by atoms with Crippen LogP contribution in [-0.2, 0) is 6.54 Å². The second-order valence-electron chi connectivity index (χ2n) is 1.47. The highest BCUT2D eigenvalue weighted by molar-refractivity contribution is 14.1. The molecule has 0 spiro atoms. The van der Waals surface area contributed by atoms with E-state index in [0.29, 0.717) is 0 Å². The van der Waals surface area contributed by atoms with Crippen molar-refractivity contribution in [3.8, 4) is 0 Å². The maximum absolute atomic E-state index is 4.11. The molecular formula is C4H5I2N3. The monoisotopic (exact) mass is 349 g/mol. The van der Waals surface area contributed by atoms with Gasteiger partial charge in [0.1, 0.15) is 0 Å². The van der Waals surface area contributed by atoms with Gasteiger partial charge < -0.3 is 0 Å². The molecule has 0 aliphatic carbocycles. The van der Waals surface area contributed by atoms with Crippen LogP contribution in [0.1, 0.15) is 6.92 Å². The largest absolute Gasteiger partial charge is 0.183 e. The highest BCUT2D eigenvalue weighted by Gasteiger charge is 2.00. The van der Waals surface area contributed by atoms with Gasteiger partial charge in [0.25, 0.3) is 0 Å². The first-order valence-electron chi connectivity index (χ1n) is 2.50. The molecule has 9 heavy (non-hydrogen) atoms. The van der Waals surface area contributed by atoms with Gasteiger partial charge in [0.2, 0.25) is 0 Å². The molecule has 0 atom stereocenters. The maximum atomic E-state index is 4.11. The fourth-order valence-corrected chi connectivity index (χ4v) is 1.16. The van der Waals surface area contributed by atoms with Crippen molar-refractivity contribution in [2.24, 2.45) is 0 Å². The fraction of sp³-hybridized carbons (Fsp3) is 0.500. The second kappa shape index (κ2) is 3.13. The maximum Gasteiger partial charge on any atom is 0.157 e. The Morgan fingerprint density at radius 3 is 2.00 bits per heavy atom. The van der Waals surface area contributed by atoms with Crippen LogP contribution in [0.5, 0.6) is 0 Å². The third-order valence-corrected chi connectivity index (χ3v) is 3.34. The summed E-state index contributed by atoms with van der Waals surface area (Å²) in [7, 11) is 0. The van der Waals surface area contributed by atoms with Gasteiger partial charge in [-0.25, -0.2) is 0 Å². The molecule has 1 rings (SSSR count). The molecule has 1 heterocycles. The van der Waals surface area contributed by atoms with E-state index in [2.05, 4.69) is 55.4 Å². The van der Waals surface area contributed by atoms with E-state index in [-0.39, 0.29) is 0 Å².